The molecule has 0 saturated heterocycles. The van der Waals surface area contributed by atoms with E-state index in [2.05, 4.69) is 4.98 Å². The van der Waals surface area contributed by atoms with E-state index in [1.54, 1.807) is 14.0 Å². The average molecular weight is 261 g/mol. The minimum Gasteiger partial charge on any atom is -0.481 e. The predicted molar refractivity (Wildman–Crippen MR) is 59.9 cm³/mol. The number of sulfonamides is 1. The van der Waals surface area contributed by atoms with Crippen LogP contribution in [0.2, 0.25) is 0 Å². The van der Waals surface area contributed by atoms with Gasteiger partial charge in [0.05, 0.1) is 12.7 Å². The normalized spacial score (nSPS) is 11.9. The lowest BCUT2D eigenvalue weighted by atomic mass is 10.4. The molecule has 0 aromatic carbocycles. The molecule has 0 radical (unpaired) electrons. The van der Waals surface area contributed by atoms with Gasteiger partial charge in [0.25, 0.3) is 10.0 Å². The third-order valence-electron chi connectivity index (χ3n) is 2.21. The largest absolute Gasteiger partial charge is 0.481 e. The van der Waals surface area contributed by atoms with E-state index in [1.807, 2.05) is 0 Å². The summed E-state index contributed by atoms with van der Waals surface area (Å²) in [5.74, 6) is -1.03. The number of aliphatic carboxylic acids is 1. The van der Waals surface area contributed by atoms with Crippen molar-refractivity contribution in [3.63, 3.8) is 0 Å². The molecule has 96 valence electrons. The number of carbonyl (C=O) groups is 1. The number of imidazole rings is 1. The zero-order valence-electron chi connectivity index (χ0n) is 9.70. The summed E-state index contributed by atoms with van der Waals surface area (Å²) in [5, 5.41) is 8.49. The van der Waals surface area contributed by atoms with Crippen LogP contribution in [0.3, 0.4) is 0 Å². The van der Waals surface area contributed by atoms with E-state index < -0.39 is 16.0 Å². The van der Waals surface area contributed by atoms with Crippen LogP contribution < -0.4 is 0 Å². The minimum absolute atomic E-state index is 0.0509. The van der Waals surface area contributed by atoms with Crippen molar-refractivity contribution in [1.82, 2.24) is 13.9 Å². The van der Waals surface area contributed by atoms with E-state index in [1.165, 1.54) is 17.1 Å². The number of carboxylic acid groups (broad SMARTS) is 1. The Morgan fingerprint density at radius 1 is 1.59 bits per heavy atom. The first kappa shape index (κ1) is 13.7. The number of aryl methyl sites for hydroxylation is 1. The molecule has 8 heteroatoms. The topological polar surface area (TPSA) is 92.5 Å². The molecule has 0 fully saturated rings. The summed E-state index contributed by atoms with van der Waals surface area (Å²) < 4.78 is 26.7. The Labute approximate surface area is 99.7 Å². The lowest BCUT2D eigenvalue weighted by Crippen LogP contribution is -2.33. The Morgan fingerprint density at radius 2 is 2.24 bits per heavy atom. The fourth-order valence-electron chi connectivity index (χ4n) is 1.32. The smallest absolute Gasteiger partial charge is 0.304 e. The quantitative estimate of drug-likeness (QED) is 0.772. The maximum absolute atomic E-state index is 12.0. The van der Waals surface area contributed by atoms with Gasteiger partial charge in [-0.25, -0.2) is 13.4 Å². The maximum Gasteiger partial charge on any atom is 0.304 e. The minimum atomic E-state index is -3.69. The third-order valence-corrected chi connectivity index (χ3v) is 4.07. The monoisotopic (exact) mass is 261 g/mol. The zero-order chi connectivity index (χ0) is 13.1. The van der Waals surface area contributed by atoms with Gasteiger partial charge in [-0.2, -0.15) is 4.31 Å². The first-order valence-electron chi connectivity index (χ1n) is 5.07. The molecule has 0 aliphatic heterocycles. The second-order valence-electron chi connectivity index (χ2n) is 3.52. The van der Waals surface area contributed by atoms with Gasteiger partial charge in [0.2, 0.25) is 0 Å². The van der Waals surface area contributed by atoms with E-state index in [0.29, 0.717) is 0 Å². The van der Waals surface area contributed by atoms with Gasteiger partial charge in [-0.15, -0.1) is 0 Å². The van der Waals surface area contributed by atoms with E-state index >= 15 is 0 Å². The van der Waals surface area contributed by atoms with Crippen LogP contribution in [0.5, 0.6) is 0 Å². The summed E-state index contributed by atoms with van der Waals surface area (Å²) in [6.45, 7) is 1.82. The second kappa shape index (κ2) is 5.28. The van der Waals surface area contributed by atoms with Crippen LogP contribution in [0.15, 0.2) is 17.6 Å². The van der Waals surface area contributed by atoms with E-state index in [-0.39, 0.29) is 24.5 Å². The maximum atomic E-state index is 12.0. The Hall–Kier alpha value is -1.41. The number of carboxylic acids is 1. The first-order valence-corrected chi connectivity index (χ1v) is 6.52. The van der Waals surface area contributed by atoms with E-state index in [0.717, 1.165) is 4.31 Å². The van der Waals surface area contributed by atoms with Crippen LogP contribution in [0.1, 0.15) is 13.3 Å². The molecule has 0 bridgehead atoms. The highest BCUT2D eigenvalue weighted by Gasteiger charge is 2.25. The molecule has 1 heterocycles. The van der Waals surface area contributed by atoms with Gasteiger partial charge in [-0.3, -0.25) is 4.79 Å². The number of rotatable bonds is 6. The molecule has 1 aromatic heterocycles. The summed E-state index contributed by atoms with van der Waals surface area (Å²) in [4.78, 5) is 14.2. The number of aromatic nitrogens is 2. The molecule has 1 rings (SSSR count). The van der Waals surface area contributed by atoms with Crippen LogP contribution in [-0.4, -0.2) is 46.4 Å². The van der Waals surface area contributed by atoms with Crippen molar-refractivity contribution >= 4 is 16.0 Å². The van der Waals surface area contributed by atoms with Gasteiger partial charge in [0.15, 0.2) is 5.03 Å². The second-order valence-corrected chi connectivity index (χ2v) is 5.40. The molecule has 0 aliphatic rings. The molecular weight excluding hydrogens is 246 g/mol. The highest BCUT2D eigenvalue weighted by molar-refractivity contribution is 7.89. The van der Waals surface area contributed by atoms with Gasteiger partial charge >= 0.3 is 5.97 Å². The van der Waals surface area contributed by atoms with Gasteiger partial charge in [-0.1, -0.05) is 6.92 Å². The van der Waals surface area contributed by atoms with Crippen molar-refractivity contribution in [2.75, 3.05) is 13.1 Å². The molecule has 0 amide bonds. The fourth-order valence-corrected chi connectivity index (χ4v) is 2.74. The summed E-state index contributed by atoms with van der Waals surface area (Å²) >= 11 is 0. The molecule has 7 nitrogen and oxygen atoms in total. The van der Waals surface area contributed by atoms with Crippen LogP contribution >= 0.6 is 0 Å². The molecule has 0 unspecified atom stereocenters. The first-order chi connectivity index (χ1) is 7.87. The van der Waals surface area contributed by atoms with Gasteiger partial charge in [0, 0.05) is 26.3 Å². The van der Waals surface area contributed by atoms with Crippen molar-refractivity contribution < 1.29 is 18.3 Å². The van der Waals surface area contributed by atoms with Crippen LogP contribution in [0.4, 0.5) is 0 Å². The van der Waals surface area contributed by atoms with Crippen LogP contribution in [-0.2, 0) is 21.9 Å². The Bertz CT molecular complexity index is 494. The molecule has 1 N–H and O–H groups in total. The zero-order valence-corrected chi connectivity index (χ0v) is 10.5. The van der Waals surface area contributed by atoms with Crippen molar-refractivity contribution in [3.05, 3.63) is 12.5 Å². The molecule has 0 aliphatic carbocycles. The van der Waals surface area contributed by atoms with Crippen LogP contribution in [0, 0.1) is 0 Å². The lowest BCUT2D eigenvalue weighted by Gasteiger charge is -2.17. The molecule has 0 saturated carbocycles. The molecular formula is C9H15N3O4S. The Kier molecular flexibility index (Phi) is 4.24. The molecule has 0 spiro atoms. The van der Waals surface area contributed by atoms with Crippen molar-refractivity contribution in [1.29, 1.82) is 0 Å². The van der Waals surface area contributed by atoms with E-state index in [9.17, 15) is 13.2 Å². The summed E-state index contributed by atoms with van der Waals surface area (Å²) in [6.07, 6.45) is 2.55. The SMILES string of the molecule is CCN(CCC(=O)O)S(=O)(=O)c1cn(C)cn1. The van der Waals surface area contributed by atoms with Gasteiger partial charge < -0.3 is 9.67 Å². The number of hydrogen-bond donors (Lipinski definition) is 1. The molecule has 0 atom stereocenters. The van der Waals surface area contributed by atoms with Crippen LogP contribution in [0.25, 0.3) is 0 Å². The summed E-state index contributed by atoms with van der Waals surface area (Å²) in [6, 6.07) is 0. The highest BCUT2D eigenvalue weighted by Crippen LogP contribution is 2.12. The standard InChI is InChI=1S/C9H15N3O4S/c1-3-12(5-4-9(13)14)17(15,16)8-6-11(2)7-10-8/h6-7H,3-5H2,1-2H3,(H,13,14). The van der Waals surface area contributed by atoms with Gasteiger partial charge in [0.1, 0.15) is 0 Å². The van der Waals surface area contributed by atoms with Crippen molar-refractivity contribution in [2.24, 2.45) is 7.05 Å². The summed E-state index contributed by atoms with van der Waals surface area (Å²) in [5.41, 5.74) is 0. The molecule has 1 aromatic rings. The lowest BCUT2D eigenvalue weighted by molar-refractivity contribution is -0.137. The van der Waals surface area contributed by atoms with Crippen molar-refractivity contribution in [3.8, 4) is 0 Å². The Balaban J connectivity index is 2.90. The van der Waals surface area contributed by atoms with Crippen molar-refractivity contribution in [2.45, 2.75) is 18.4 Å². The predicted octanol–water partition coefficient (Wildman–Crippen LogP) is -0.0946. The number of nitrogens with zero attached hydrogens (tertiary/aromatic N) is 3. The average Bonchev–Trinajstić information content (AvgIpc) is 2.65. The molecule has 17 heavy (non-hydrogen) atoms. The number of hydrogen-bond acceptors (Lipinski definition) is 4. The van der Waals surface area contributed by atoms with Gasteiger partial charge in [-0.05, 0) is 0 Å². The highest BCUT2D eigenvalue weighted by atomic mass is 32.2. The third kappa shape index (κ3) is 3.27. The Morgan fingerprint density at radius 3 is 2.65 bits per heavy atom. The summed E-state index contributed by atoms with van der Waals surface area (Å²) in [7, 11) is -2.02. The fraction of sp³-hybridized carbons (Fsp3) is 0.556. The van der Waals surface area contributed by atoms with E-state index in [4.69, 9.17) is 5.11 Å².